The summed E-state index contributed by atoms with van der Waals surface area (Å²) in [5.74, 6) is -1.47. The number of aromatic nitrogens is 3. The zero-order chi connectivity index (χ0) is 30.3. The van der Waals surface area contributed by atoms with E-state index in [1.807, 2.05) is 24.3 Å². The van der Waals surface area contributed by atoms with Gasteiger partial charge in [-0.3, -0.25) is 19.3 Å². The number of rotatable bonds is 9. The van der Waals surface area contributed by atoms with Crippen LogP contribution in [0.3, 0.4) is 0 Å². The number of anilines is 2. The molecule has 0 saturated heterocycles. The lowest BCUT2D eigenvalue weighted by molar-refractivity contribution is -0.127. The maximum atomic E-state index is 14.3. The summed E-state index contributed by atoms with van der Waals surface area (Å²) in [6, 6.07) is 19.5. The minimum atomic E-state index is -1.07. The quantitative estimate of drug-likeness (QED) is 0.279. The number of carbonyl (C=O) groups excluding carboxylic acids is 4. The molecule has 4 aromatic rings. The predicted octanol–water partition coefficient (Wildman–Crippen LogP) is 4.40. The molecule has 1 saturated carbocycles. The van der Waals surface area contributed by atoms with Gasteiger partial charge in [0.2, 0.25) is 17.7 Å². The molecule has 0 unspecified atom stereocenters. The number of benzene rings is 3. The minimum absolute atomic E-state index is 0.00329. The minimum Gasteiger partial charge on any atom is -0.465 e. The van der Waals surface area contributed by atoms with Gasteiger partial charge < -0.3 is 15.4 Å². The first-order valence-electron chi connectivity index (χ1n) is 14.3. The Hall–Kier alpha value is -5.06. The van der Waals surface area contributed by atoms with Gasteiger partial charge in [-0.15, -0.1) is 5.10 Å². The zero-order valence-electron chi connectivity index (χ0n) is 24.2. The van der Waals surface area contributed by atoms with Gasteiger partial charge in [-0.1, -0.05) is 48.7 Å². The van der Waals surface area contributed by atoms with E-state index in [1.165, 1.54) is 23.6 Å². The molecule has 3 aromatic carbocycles. The number of nitrogens with zero attached hydrogens (tertiary/aromatic N) is 4. The van der Waals surface area contributed by atoms with Crippen molar-refractivity contribution in [3.05, 3.63) is 83.9 Å². The maximum Gasteiger partial charge on any atom is 0.337 e. The van der Waals surface area contributed by atoms with Gasteiger partial charge in [0.1, 0.15) is 18.1 Å². The molecule has 3 amide bonds. The monoisotopic (exact) mass is 582 g/mol. The van der Waals surface area contributed by atoms with Crippen LogP contribution in [-0.2, 0) is 25.7 Å². The van der Waals surface area contributed by atoms with Gasteiger partial charge in [-0.2, -0.15) is 0 Å². The molecular weight excluding hydrogens is 548 g/mol. The number of methoxy groups -OCH3 is 1. The second-order valence-corrected chi connectivity index (χ2v) is 10.6. The van der Waals surface area contributed by atoms with E-state index in [2.05, 4.69) is 20.9 Å². The third-order valence-electron chi connectivity index (χ3n) is 7.55. The first-order chi connectivity index (χ1) is 20.8. The molecule has 5 rings (SSSR count). The molecule has 0 radical (unpaired) electrons. The zero-order valence-corrected chi connectivity index (χ0v) is 24.2. The first kappa shape index (κ1) is 29.4. The van der Waals surface area contributed by atoms with E-state index in [0.29, 0.717) is 33.5 Å². The maximum absolute atomic E-state index is 14.3. The fourth-order valence-corrected chi connectivity index (χ4v) is 5.45. The molecule has 1 atom stereocenters. The number of carbonyl (C=O) groups is 4. The molecule has 43 heavy (non-hydrogen) atoms. The summed E-state index contributed by atoms with van der Waals surface area (Å²) in [4.78, 5) is 53.6. The summed E-state index contributed by atoms with van der Waals surface area (Å²) >= 11 is 0. The molecule has 11 heteroatoms. The lowest BCUT2D eigenvalue weighted by atomic mass is 9.94. The molecule has 1 aliphatic carbocycles. The van der Waals surface area contributed by atoms with Crippen LogP contribution in [0, 0.1) is 0 Å². The van der Waals surface area contributed by atoms with Crippen molar-refractivity contribution in [2.45, 2.75) is 57.7 Å². The Morgan fingerprint density at radius 3 is 2.33 bits per heavy atom. The van der Waals surface area contributed by atoms with Crippen LogP contribution in [0.2, 0.25) is 0 Å². The number of nitrogens with one attached hydrogen (secondary N) is 2. The number of fused-ring (bicyclic) bond motifs is 1. The lowest BCUT2D eigenvalue weighted by Gasteiger charge is -2.33. The highest BCUT2D eigenvalue weighted by molar-refractivity contribution is 6.02. The average Bonchev–Trinajstić information content (AvgIpc) is 3.42. The topological polar surface area (TPSA) is 136 Å². The molecule has 1 aliphatic rings. The van der Waals surface area contributed by atoms with Crippen LogP contribution in [0.1, 0.15) is 61.0 Å². The Bertz CT molecular complexity index is 1610. The summed E-state index contributed by atoms with van der Waals surface area (Å²) in [7, 11) is 1.30. The van der Waals surface area contributed by atoms with Crippen molar-refractivity contribution in [3.8, 4) is 0 Å². The highest BCUT2D eigenvalue weighted by Gasteiger charge is 2.34. The number of para-hydroxylation sites is 1. The van der Waals surface area contributed by atoms with E-state index in [-0.39, 0.29) is 24.4 Å². The Balaban J connectivity index is 1.57. The van der Waals surface area contributed by atoms with E-state index in [4.69, 9.17) is 4.74 Å². The van der Waals surface area contributed by atoms with Gasteiger partial charge in [0.05, 0.1) is 18.2 Å². The van der Waals surface area contributed by atoms with Gasteiger partial charge in [-0.25, -0.2) is 9.48 Å². The van der Waals surface area contributed by atoms with Crippen LogP contribution in [0.25, 0.3) is 11.0 Å². The van der Waals surface area contributed by atoms with Crippen molar-refractivity contribution in [3.63, 3.8) is 0 Å². The van der Waals surface area contributed by atoms with E-state index in [9.17, 15) is 19.2 Å². The number of ether oxygens (including phenoxy) is 1. The molecule has 1 fully saturated rings. The third kappa shape index (κ3) is 6.88. The standard InChI is InChI=1S/C32H34N6O5/c1-21(39)33-25-16-18-26(19-17-25)38(29(40)20-37-28-11-7-6-10-27(28)35-36-37)30(31(41)34-24-8-4-3-5-9-24)22-12-14-23(15-13-22)32(42)43-2/h6-7,10-19,24,30H,3-5,8-9,20H2,1-2H3,(H,33,39)(H,34,41)/t30-/m1/s1. The summed E-state index contributed by atoms with van der Waals surface area (Å²) in [6.07, 6.45) is 4.90. The van der Waals surface area contributed by atoms with Crippen LogP contribution in [-0.4, -0.2) is 51.8 Å². The Morgan fingerprint density at radius 2 is 1.65 bits per heavy atom. The molecule has 0 spiro atoms. The summed E-state index contributed by atoms with van der Waals surface area (Å²) in [5.41, 5.74) is 3.17. The van der Waals surface area contributed by atoms with E-state index < -0.39 is 17.9 Å². The second-order valence-electron chi connectivity index (χ2n) is 10.6. The van der Waals surface area contributed by atoms with E-state index in [1.54, 1.807) is 48.5 Å². The van der Waals surface area contributed by atoms with Crippen molar-refractivity contribution >= 4 is 46.1 Å². The van der Waals surface area contributed by atoms with Gasteiger partial charge >= 0.3 is 5.97 Å². The molecule has 1 aromatic heterocycles. The second kappa shape index (κ2) is 13.3. The van der Waals surface area contributed by atoms with Gasteiger partial charge in [0.25, 0.3) is 0 Å². The van der Waals surface area contributed by atoms with Crippen LogP contribution in [0.15, 0.2) is 72.8 Å². The molecular formula is C32H34N6O5. The Kier molecular flexibility index (Phi) is 9.09. The lowest BCUT2D eigenvalue weighted by Crippen LogP contribution is -2.48. The molecule has 222 valence electrons. The number of hydrogen-bond acceptors (Lipinski definition) is 7. The summed E-state index contributed by atoms with van der Waals surface area (Å²) < 4.78 is 6.35. The van der Waals surface area contributed by atoms with Crippen LogP contribution >= 0.6 is 0 Å². The van der Waals surface area contributed by atoms with Crippen molar-refractivity contribution in [1.29, 1.82) is 0 Å². The number of amides is 3. The molecule has 0 bridgehead atoms. The number of esters is 1. The highest BCUT2D eigenvalue weighted by Crippen LogP contribution is 2.31. The number of hydrogen-bond donors (Lipinski definition) is 2. The normalized spacial score (nSPS) is 14.1. The van der Waals surface area contributed by atoms with Crippen LogP contribution < -0.4 is 15.5 Å². The van der Waals surface area contributed by atoms with Gasteiger partial charge in [-0.05, 0) is 66.9 Å². The summed E-state index contributed by atoms with van der Waals surface area (Å²) in [6.45, 7) is 1.23. The fraction of sp³-hybridized carbons (Fsp3) is 0.312. The molecule has 1 heterocycles. The van der Waals surface area contributed by atoms with Crippen molar-refractivity contribution in [2.75, 3.05) is 17.3 Å². The van der Waals surface area contributed by atoms with Crippen molar-refractivity contribution in [1.82, 2.24) is 20.3 Å². The average molecular weight is 583 g/mol. The van der Waals surface area contributed by atoms with Crippen molar-refractivity contribution < 1.29 is 23.9 Å². The van der Waals surface area contributed by atoms with Crippen molar-refractivity contribution in [2.24, 2.45) is 0 Å². The molecule has 11 nitrogen and oxygen atoms in total. The Morgan fingerprint density at radius 1 is 0.953 bits per heavy atom. The van der Waals surface area contributed by atoms with E-state index >= 15 is 0 Å². The SMILES string of the molecule is COC(=O)c1ccc([C@H](C(=O)NC2CCCCC2)N(C(=O)Cn2nnc3ccccc32)c2ccc(NC(C)=O)cc2)cc1. The summed E-state index contributed by atoms with van der Waals surface area (Å²) in [5, 5.41) is 14.3. The van der Waals surface area contributed by atoms with Gasteiger partial charge in [0.15, 0.2) is 0 Å². The molecule has 2 N–H and O–H groups in total. The predicted molar refractivity (Wildman–Crippen MR) is 161 cm³/mol. The fourth-order valence-electron chi connectivity index (χ4n) is 5.45. The van der Waals surface area contributed by atoms with Gasteiger partial charge in [0, 0.05) is 24.3 Å². The van der Waals surface area contributed by atoms with Crippen LogP contribution in [0.4, 0.5) is 11.4 Å². The Labute approximate surface area is 249 Å². The molecule has 0 aliphatic heterocycles. The smallest absolute Gasteiger partial charge is 0.337 e. The van der Waals surface area contributed by atoms with E-state index in [0.717, 1.165) is 32.1 Å². The highest BCUT2D eigenvalue weighted by atomic mass is 16.5. The first-order valence-corrected chi connectivity index (χ1v) is 14.3. The largest absolute Gasteiger partial charge is 0.465 e. The third-order valence-corrected chi connectivity index (χ3v) is 7.55. The van der Waals surface area contributed by atoms with Crippen LogP contribution in [0.5, 0.6) is 0 Å².